The summed E-state index contributed by atoms with van der Waals surface area (Å²) in [5, 5.41) is 12.7. The van der Waals surface area contributed by atoms with Crippen molar-refractivity contribution in [2.75, 3.05) is 6.61 Å². The summed E-state index contributed by atoms with van der Waals surface area (Å²) < 4.78 is 45.7. The average molecular weight is 360 g/mol. The summed E-state index contributed by atoms with van der Waals surface area (Å²) in [7, 11) is 0. The van der Waals surface area contributed by atoms with Gasteiger partial charge in [0.05, 0.1) is 24.8 Å². The van der Waals surface area contributed by atoms with E-state index in [9.17, 15) is 22.8 Å². The predicted molar refractivity (Wildman–Crippen MR) is 78.9 cm³/mol. The van der Waals surface area contributed by atoms with Gasteiger partial charge < -0.3 is 9.84 Å². The van der Waals surface area contributed by atoms with Gasteiger partial charge in [-0.15, -0.1) is 0 Å². The summed E-state index contributed by atoms with van der Waals surface area (Å²) in [5.41, 5.74) is -2.20. The Labute approximate surface area is 141 Å². The fourth-order valence-electron chi connectivity index (χ4n) is 3.98. The molecule has 0 aromatic carbocycles. The normalized spacial score (nSPS) is 28.8. The number of hydrogen-bond donors (Lipinski definition) is 1. The number of carboxylic acids is 1. The van der Waals surface area contributed by atoms with Crippen molar-refractivity contribution in [3.8, 4) is 0 Å². The standard InChI is InChI=1S/C16H19F3N2O4/c1-2-25-14(24)11-7-15(11)5-3-9(4-6-15)21-12(16(17,18)19)10(8-20-21)13(22)23/h8-9,11H,2-7H2,1H3,(H,22,23). The van der Waals surface area contributed by atoms with Gasteiger partial charge in [-0.1, -0.05) is 0 Å². The number of carbonyl (C=O) groups is 2. The highest BCUT2D eigenvalue weighted by Gasteiger charge is 2.59. The molecule has 0 radical (unpaired) electrons. The van der Waals surface area contributed by atoms with Gasteiger partial charge in [0.25, 0.3) is 0 Å². The molecule has 0 amide bonds. The van der Waals surface area contributed by atoms with E-state index in [4.69, 9.17) is 9.84 Å². The number of aromatic carboxylic acids is 1. The minimum absolute atomic E-state index is 0.163. The molecule has 2 fully saturated rings. The highest BCUT2D eigenvalue weighted by Crippen LogP contribution is 2.63. The third-order valence-corrected chi connectivity index (χ3v) is 5.35. The van der Waals surface area contributed by atoms with E-state index in [0.29, 0.717) is 38.7 Å². The van der Waals surface area contributed by atoms with E-state index in [-0.39, 0.29) is 17.3 Å². The van der Waals surface area contributed by atoms with Crippen LogP contribution in [0, 0.1) is 11.3 Å². The molecular weight excluding hydrogens is 341 g/mol. The molecule has 1 aromatic heterocycles. The molecule has 9 heteroatoms. The van der Waals surface area contributed by atoms with Crippen LogP contribution in [0.5, 0.6) is 0 Å². The second kappa shape index (κ2) is 6.03. The lowest BCUT2D eigenvalue weighted by atomic mass is 9.81. The fourth-order valence-corrected chi connectivity index (χ4v) is 3.98. The predicted octanol–water partition coefficient (Wildman–Crippen LogP) is 3.28. The zero-order valence-electron chi connectivity index (χ0n) is 13.7. The van der Waals surface area contributed by atoms with Gasteiger partial charge in [-0.2, -0.15) is 18.3 Å². The monoisotopic (exact) mass is 360 g/mol. The Bertz CT molecular complexity index is 690. The van der Waals surface area contributed by atoms with Gasteiger partial charge in [-0.3, -0.25) is 9.48 Å². The number of nitrogens with zero attached hydrogens (tertiary/aromatic N) is 2. The molecule has 0 saturated heterocycles. The minimum atomic E-state index is -4.79. The van der Waals surface area contributed by atoms with Crippen LogP contribution in [-0.2, 0) is 15.7 Å². The first-order valence-corrected chi connectivity index (χ1v) is 8.24. The van der Waals surface area contributed by atoms with Gasteiger partial charge in [0.1, 0.15) is 5.56 Å². The maximum atomic E-state index is 13.3. The first-order valence-electron chi connectivity index (χ1n) is 8.24. The number of aromatic nitrogens is 2. The Morgan fingerprint density at radius 3 is 2.56 bits per heavy atom. The highest BCUT2D eigenvalue weighted by atomic mass is 19.4. The number of carbonyl (C=O) groups excluding carboxylic acids is 1. The van der Waals surface area contributed by atoms with Gasteiger partial charge in [0.2, 0.25) is 0 Å². The molecule has 1 N–H and O–H groups in total. The van der Waals surface area contributed by atoms with Crippen molar-refractivity contribution in [1.82, 2.24) is 9.78 Å². The molecular formula is C16H19F3N2O4. The summed E-state index contributed by atoms with van der Waals surface area (Å²) in [6, 6.07) is -0.515. The van der Waals surface area contributed by atoms with E-state index in [1.807, 2.05) is 0 Å². The lowest BCUT2D eigenvalue weighted by Crippen LogP contribution is -2.27. The van der Waals surface area contributed by atoms with E-state index in [0.717, 1.165) is 10.9 Å². The zero-order valence-corrected chi connectivity index (χ0v) is 13.7. The maximum absolute atomic E-state index is 13.3. The molecule has 0 aliphatic heterocycles. The summed E-state index contributed by atoms with van der Waals surface area (Å²) >= 11 is 0. The van der Waals surface area contributed by atoms with Gasteiger partial charge >= 0.3 is 18.1 Å². The number of ether oxygens (including phenoxy) is 1. The van der Waals surface area contributed by atoms with Gasteiger partial charge in [0, 0.05) is 0 Å². The number of esters is 1. The molecule has 25 heavy (non-hydrogen) atoms. The molecule has 1 heterocycles. The molecule has 2 aliphatic carbocycles. The van der Waals surface area contributed by atoms with E-state index in [2.05, 4.69) is 5.10 Å². The van der Waals surface area contributed by atoms with Crippen molar-refractivity contribution in [3.05, 3.63) is 17.5 Å². The van der Waals surface area contributed by atoms with Crippen LogP contribution < -0.4 is 0 Å². The fraction of sp³-hybridized carbons (Fsp3) is 0.688. The molecule has 1 spiro atoms. The zero-order chi connectivity index (χ0) is 18.4. The van der Waals surface area contributed by atoms with Gasteiger partial charge in [-0.25, -0.2) is 4.79 Å². The molecule has 2 aliphatic rings. The van der Waals surface area contributed by atoms with Crippen LogP contribution in [0.4, 0.5) is 13.2 Å². The first-order chi connectivity index (χ1) is 11.7. The topological polar surface area (TPSA) is 81.4 Å². The molecule has 0 bridgehead atoms. The molecule has 2 saturated carbocycles. The summed E-state index contributed by atoms with van der Waals surface area (Å²) in [6.45, 7) is 2.05. The number of rotatable bonds is 4. The van der Waals surface area contributed by atoms with E-state index < -0.39 is 29.4 Å². The second-order valence-corrected chi connectivity index (χ2v) is 6.76. The van der Waals surface area contributed by atoms with E-state index >= 15 is 0 Å². The Morgan fingerprint density at radius 2 is 2.04 bits per heavy atom. The number of halogens is 3. The van der Waals surface area contributed by atoms with Crippen LogP contribution >= 0.6 is 0 Å². The molecule has 6 nitrogen and oxygen atoms in total. The quantitative estimate of drug-likeness (QED) is 0.834. The Morgan fingerprint density at radius 1 is 1.40 bits per heavy atom. The van der Waals surface area contributed by atoms with Crippen molar-refractivity contribution in [1.29, 1.82) is 0 Å². The van der Waals surface area contributed by atoms with Crippen LogP contribution in [0.1, 0.15) is 61.1 Å². The summed E-state index contributed by atoms with van der Waals surface area (Å²) in [4.78, 5) is 22.9. The van der Waals surface area contributed by atoms with Crippen LogP contribution in [0.2, 0.25) is 0 Å². The van der Waals surface area contributed by atoms with Crippen LogP contribution in [0.25, 0.3) is 0 Å². The SMILES string of the molecule is CCOC(=O)C1CC12CCC(n1ncc(C(=O)O)c1C(F)(F)F)CC2. The van der Waals surface area contributed by atoms with Crippen LogP contribution in [0.3, 0.4) is 0 Å². The first kappa shape index (κ1) is 17.8. The Kier molecular flexibility index (Phi) is 4.28. The van der Waals surface area contributed by atoms with Crippen molar-refractivity contribution >= 4 is 11.9 Å². The largest absolute Gasteiger partial charge is 0.478 e. The van der Waals surface area contributed by atoms with Gasteiger partial charge in [-0.05, 0) is 44.4 Å². The third-order valence-electron chi connectivity index (χ3n) is 5.35. The number of alkyl halides is 3. The lowest BCUT2D eigenvalue weighted by molar-refractivity contribution is -0.146. The average Bonchev–Trinajstić information content (AvgIpc) is 3.03. The van der Waals surface area contributed by atoms with Crippen molar-refractivity contribution in [2.24, 2.45) is 11.3 Å². The van der Waals surface area contributed by atoms with Crippen LogP contribution in [-0.4, -0.2) is 33.4 Å². The smallest absolute Gasteiger partial charge is 0.433 e. The number of carboxylic acid groups (broad SMARTS) is 1. The lowest BCUT2D eigenvalue weighted by Gasteiger charge is -2.30. The summed E-state index contributed by atoms with van der Waals surface area (Å²) in [6.07, 6.45) is -1.23. The van der Waals surface area contributed by atoms with Crippen molar-refractivity contribution in [2.45, 2.75) is 51.2 Å². The molecule has 1 unspecified atom stereocenters. The molecule has 138 valence electrons. The van der Waals surface area contributed by atoms with Gasteiger partial charge in [0.15, 0.2) is 5.69 Å². The molecule has 1 aromatic rings. The van der Waals surface area contributed by atoms with E-state index in [1.165, 1.54) is 0 Å². The van der Waals surface area contributed by atoms with Crippen LogP contribution in [0.15, 0.2) is 6.20 Å². The van der Waals surface area contributed by atoms with Crippen molar-refractivity contribution in [3.63, 3.8) is 0 Å². The van der Waals surface area contributed by atoms with Crippen molar-refractivity contribution < 1.29 is 32.6 Å². The number of hydrogen-bond acceptors (Lipinski definition) is 4. The Hall–Kier alpha value is -2.06. The minimum Gasteiger partial charge on any atom is -0.478 e. The third kappa shape index (κ3) is 3.11. The second-order valence-electron chi connectivity index (χ2n) is 6.76. The highest BCUT2D eigenvalue weighted by molar-refractivity contribution is 5.88. The molecule has 1 atom stereocenters. The van der Waals surface area contributed by atoms with E-state index in [1.54, 1.807) is 6.92 Å². The summed E-state index contributed by atoms with van der Waals surface area (Å²) in [5.74, 6) is -2.04. The maximum Gasteiger partial charge on any atom is 0.433 e. The molecule has 3 rings (SSSR count). The Balaban J connectivity index is 1.75.